The van der Waals surface area contributed by atoms with Gasteiger partial charge >= 0.3 is 0 Å². The second-order valence-corrected chi connectivity index (χ2v) is 10.3. The third kappa shape index (κ3) is 10.6. The second-order valence-electron chi connectivity index (χ2n) is 10.3. The number of methoxy groups -OCH3 is 1. The van der Waals surface area contributed by atoms with E-state index in [0.717, 1.165) is 17.7 Å². The van der Waals surface area contributed by atoms with Gasteiger partial charge in [-0.2, -0.15) is 0 Å². The van der Waals surface area contributed by atoms with Gasteiger partial charge in [0.25, 0.3) is 5.91 Å². The van der Waals surface area contributed by atoms with Gasteiger partial charge in [-0.15, -0.1) is 0 Å². The first kappa shape index (κ1) is 35.2. The van der Waals surface area contributed by atoms with E-state index in [4.69, 9.17) is 4.74 Å². The van der Waals surface area contributed by atoms with Crippen LogP contribution in [-0.4, -0.2) is 91.8 Å². The lowest BCUT2D eigenvalue weighted by molar-refractivity contribution is -0.143. The molecule has 0 saturated carbocycles. The lowest BCUT2D eigenvalue weighted by Crippen LogP contribution is -2.62. The van der Waals surface area contributed by atoms with Gasteiger partial charge in [0.2, 0.25) is 11.8 Å². The number of aliphatic hydroxyl groups is 1. The van der Waals surface area contributed by atoms with Crippen LogP contribution in [0.1, 0.15) is 53.9 Å². The fraction of sp³-hybridized carbons (Fsp3) is 0.655. The van der Waals surface area contributed by atoms with Crippen LogP contribution in [0.2, 0.25) is 0 Å². The molecule has 0 spiro atoms. The number of likely N-dealkylation sites (N-methyl/N-ethyl adjacent to an activating group) is 1. The van der Waals surface area contributed by atoms with Crippen LogP contribution in [-0.2, 0) is 19.1 Å². The molecule has 226 valence electrons. The summed E-state index contributed by atoms with van der Waals surface area (Å²) in [6, 6.07) is -2.10. The molecule has 0 aliphatic carbocycles. The van der Waals surface area contributed by atoms with E-state index in [1.165, 1.54) is 5.01 Å². The normalized spacial score (nSPS) is 20.6. The van der Waals surface area contributed by atoms with Gasteiger partial charge < -0.3 is 20.5 Å². The van der Waals surface area contributed by atoms with Crippen molar-refractivity contribution in [1.29, 1.82) is 0 Å². The molecule has 1 rings (SSSR count). The summed E-state index contributed by atoms with van der Waals surface area (Å²) in [5.74, 6) is -1.54. The monoisotopic (exact) mass is 562 g/mol. The lowest BCUT2D eigenvalue weighted by atomic mass is 9.97. The van der Waals surface area contributed by atoms with Gasteiger partial charge in [0.05, 0.1) is 17.9 Å². The molecule has 0 aromatic carbocycles. The molecular weight excluding hydrogens is 512 g/mol. The van der Waals surface area contributed by atoms with Crippen LogP contribution >= 0.6 is 0 Å². The molecule has 1 heterocycles. The molecule has 40 heavy (non-hydrogen) atoms. The molecule has 0 radical (unpaired) electrons. The number of hydrogen-bond acceptors (Lipinski definition) is 8. The van der Waals surface area contributed by atoms with Crippen LogP contribution in [0, 0.1) is 11.8 Å². The summed E-state index contributed by atoms with van der Waals surface area (Å²) in [7, 11) is 4.81. The van der Waals surface area contributed by atoms with Crippen LogP contribution in [0.5, 0.6) is 0 Å². The van der Waals surface area contributed by atoms with Gasteiger partial charge in [-0.05, 0) is 49.8 Å². The Hall–Kier alpha value is -2.86. The number of nitrogens with zero attached hydrogens (tertiary/aromatic N) is 2. The number of carbonyl (C=O) groups excluding carboxylic acids is 3. The minimum Gasteiger partial charge on any atom is -0.378 e. The highest BCUT2D eigenvalue weighted by Crippen LogP contribution is 2.15. The second kappa shape index (κ2) is 17.8. The molecule has 1 saturated heterocycles. The molecule has 0 aromatic rings. The summed E-state index contributed by atoms with van der Waals surface area (Å²) in [5, 5.41) is 20.8. The number of aliphatic hydroxyl groups excluding tert-OH is 1. The highest BCUT2D eigenvalue weighted by Gasteiger charge is 2.33. The number of nitrogens with one attached hydrogen (secondary N) is 4. The first-order chi connectivity index (χ1) is 18.9. The van der Waals surface area contributed by atoms with E-state index in [1.54, 1.807) is 34.2 Å². The molecule has 11 nitrogen and oxygen atoms in total. The summed E-state index contributed by atoms with van der Waals surface area (Å²) in [4.78, 5) is 42.5. The SMILES string of the molecule is C=C/C(=C/C(/C=C/[C@@H](OC)[C@@H](C)C(O)N[C@H](C(=O)N[C@@H](C)C(=O)N1CCC[C@@H](C(=O)NC)N1)C(C)C)=NC)CC. The molecule has 11 heteroatoms. The number of ether oxygens (including phenoxy) is 1. The summed E-state index contributed by atoms with van der Waals surface area (Å²) in [5.41, 5.74) is 4.74. The number of aliphatic imine (C=N–C) groups is 1. The molecule has 1 aliphatic heterocycles. The molecule has 1 unspecified atom stereocenters. The van der Waals surface area contributed by atoms with Crippen molar-refractivity contribution >= 4 is 23.4 Å². The minimum atomic E-state index is -1.08. The van der Waals surface area contributed by atoms with E-state index in [2.05, 4.69) is 32.9 Å². The number of allylic oxidation sites excluding steroid dienone is 4. The van der Waals surface area contributed by atoms with Gasteiger partial charge in [0, 0.05) is 33.7 Å². The van der Waals surface area contributed by atoms with Crippen LogP contribution < -0.4 is 21.4 Å². The van der Waals surface area contributed by atoms with Crippen LogP contribution in [0.15, 0.2) is 41.4 Å². The third-order valence-corrected chi connectivity index (χ3v) is 7.05. The highest BCUT2D eigenvalue weighted by molar-refractivity contribution is 6.04. The standard InChI is InChI=1S/C29H50N6O5/c1-10-21(11-2)17-22(30-7)14-15-24(40-9)19(5)26(36)33-25(18(3)4)28(38)32-20(6)29(39)35-16-12-13-23(34-35)27(37)31-8/h10,14-15,17-20,23-26,33-34,36H,1,11-13,16H2,2-9H3,(H,31,37)(H,32,38)/b15-14+,21-17-,30-22?/t19-,20+,23+,24-,25+,26?/m1/s1. The Labute approximate surface area is 239 Å². The van der Waals surface area contributed by atoms with E-state index >= 15 is 0 Å². The largest absolute Gasteiger partial charge is 0.378 e. The fourth-order valence-corrected chi connectivity index (χ4v) is 4.34. The Bertz CT molecular complexity index is 947. The highest BCUT2D eigenvalue weighted by atomic mass is 16.5. The van der Waals surface area contributed by atoms with E-state index in [1.807, 2.05) is 45.9 Å². The summed E-state index contributed by atoms with van der Waals surface area (Å²) in [6.45, 7) is 13.4. The number of amides is 3. The van der Waals surface area contributed by atoms with E-state index in [0.29, 0.717) is 19.4 Å². The maximum absolute atomic E-state index is 13.2. The molecule has 1 aliphatic rings. The molecular formula is C29H50N6O5. The van der Waals surface area contributed by atoms with Gasteiger partial charge in [-0.25, -0.2) is 5.43 Å². The van der Waals surface area contributed by atoms with Crippen LogP contribution in [0.4, 0.5) is 0 Å². The third-order valence-electron chi connectivity index (χ3n) is 7.05. The van der Waals surface area contributed by atoms with Crippen LogP contribution in [0.25, 0.3) is 0 Å². The lowest BCUT2D eigenvalue weighted by Gasteiger charge is -2.35. The molecule has 3 amide bonds. The Kier molecular flexibility index (Phi) is 15.6. The topological polar surface area (TPSA) is 144 Å². The van der Waals surface area contributed by atoms with Gasteiger partial charge in [-0.1, -0.05) is 46.4 Å². The summed E-state index contributed by atoms with van der Waals surface area (Å²) >= 11 is 0. The summed E-state index contributed by atoms with van der Waals surface area (Å²) in [6.07, 6.45) is 7.97. The average molecular weight is 563 g/mol. The first-order valence-corrected chi connectivity index (χ1v) is 14.0. The van der Waals surface area contributed by atoms with E-state index in [-0.39, 0.29) is 17.7 Å². The average Bonchev–Trinajstić information content (AvgIpc) is 2.96. The van der Waals surface area contributed by atoms with Gasteiger partial charge in [-0.3, -0.25) is 29.7 Å². The van der Waals surface area contributed by atoms with Crippen molar-refractivity contribution in [2.45, 2.75) is 84.3 Å². The zero-order valence-corrected chi connectivity index (χ0v) is 25.4. The maximum atomic E-state index is 13.2. The predicted octanol–water partition coefficient (Wildman–Crippen LogP) is 1.47. The van der Waals surface area contributed by atoms with Crippen molar-refractivity contribution in [3.8, 4) is 0 Å². The fourth-order valence-electron chi connectivity index (χ4n) is 4.34. The summed E-state index contributed by atoms with van der Waals surface area (Å²) < 4.78 is 5.62. The Morgan fingerprint density at radius 2 is 1.93 bits per heavy atom. The zero-order chi connectivity index (χ0) is 30.4. The number of hydrazine groups is 1. The smallest absolute Gasteiger partial charge is 0.258 e. The Morgan fingerprint density at radius 1 is 1.25 bits per heavy atom. The Morgan fingerprint density at radius 3 is 2.45 bits per heavy atom. The molecule has 0 aromatic heterocycles. The number of hydrogen-bond donors (Lipinski definition) is 5. The number of rotatable bonds is 15. The van der Waals surface area contributed by atoms with Gasteiger partial charge in [0.1, 0.15) is 18.3 Å². The predicted molar refractivity (Wildman–Crippen MR) is 158 cm³/mol. The van der Waals surface area contributed by atoms with Crippen molar-refractivity contribution in [2.24, 2.45) is 16.8 Å². The quantitative estimate of drug-likeness (QED) is 0.115. The van der Waals surface area contributed by atoms with Crippen LogP contribution in [0.3, 0.4) is 0 Å². The molecule has 1 fully saturated rings. The first-order valence-electron chi connectivity index (χ1n) is 14.0. The van der Waals surface area contributed by atoms with Gasteiger partial charge in [0.15, 0.2) is 0 Å². The maximum Gasteiger partial charge on any atom is 0.258 e. The van der Waals surface area contributed by atoms with Crippen molar-refractivity contribution in [3.63, 3.8) is 0 Å². The molecule has 6 atom stereocenters. The molecule has 0 bridgehead atoms. The van der Waals surface area contributed by atoms with Crippen molar-refractivity contribution < 1.29 is 24.2 Å². The minimum absolute atomic E-state index is 0.179. The van der Waals surface area contributed by atoms with E-state index < -0.39 is 42.3 Å². The van der Waals surface area contributed by atoms with Crippen molar-refractivity contribution in [2.75, 3.05) is 27.7 Å². The Balaban J connectivity index is 2.87. The van der Waals surface area contributed by atoms with Crippen molar-refractivity contribution in [3.05, 3.63) is 36.5 Å². The molecule has 5 N–H and O–H groups in total. The van der Waals surface area contributed by atoms with Crippen molar-refractivity contribution in [1.82, 2.24) is 26.4 Å². The van der Waals surface area contributed by atoms with E-state index in [9.17, 15) is 19.5 Å². The zero-order valence-electron chi connectivity index (χ0n) is 25.4. The number of carbonyl (C=O) groups is 3.